The van der Waals surface area contributed by atoms with Crippen LogP contribution in [0.1, 0.15) is 19.8 Å². The lowest BCUT2D eigenvalue weighted by Crippen LogP contribution is -2.38. The standard InChI is InChI=1S/C14H16ClFN2O3/c1-2-14(12(19)20)5-6-18(8-14)13(21)17-11-4-3-9(16)7-10(11)15/h3-4,7H,2,5-6,8H2,1H3,(H,17,21)(H,19,20). The molecule has 2 rings (SSSR count). The third-order valence-corrected chi connectivity index (χ3v) is 4.26. The van der Waals surface area contributed by atoms with Crippen molar-refractivity contribution in [1.82, 2.24) is 4.90 Å². The van der Waals surface area contributed by atoms with Crippen molar-refractivity contribution in [3.8, 4) is 0 Å². The minimum atomic E-state index is -0.889. The minimum Gasteiger partial charge on any atom is -0.481 e. The smallest absolute Gasteiger partial charge is 0.321 e. The molecule has 1 unspecified atom stereocenters. The van der Waals surface area contributed by atoms with Crippen LogP contribution in [0.15, 0.2) is 18.2 Å². The molecule has 1 aliphatic rings. The lowest BCUT2D eigenvalue weighted by Gasteiger charge is -2.23. The Kier molecular flexibility index (Phi) is 4.37. The molecule has 0 aliphatic carbocycles. The van der Waals surface area contributed by atoms with Gasteiger partial charge in [-0.2, -0.15) is 0 Å². The van der Waals surface area contributed by atoms with Crippen LogP contribution in [0.3, 0.4) is 0 Å². The second-order valence-corrected chi connectivity index (χ2v) is 5.57. The largest absolute Gasteiger partial charge is 0.481 e. The number of hydrogen-bond acceptors (Lipinski definition) is 2. The number of carbonyl (C=O) groups excluding carboxylic acids is 1. The monoisotopic (exact) mass is 314 g/mol. The summed E-state index contributed by atoms with van der Waals surface area (Å²) in [5.74, 6) is -1.38. The van der Waals surface area contributed by atoms with Crippen LogP contribution < -0.4 is 5.32 Å². The van der Waals surface area contributed by atoms with Gasteiger partial charge in [-0.3, -0.25) is 4.79 Å². The normalized spacial score (nSPS) is 21.4. The molecule has 1 aromatic carbocycles. The Morgan fingerprint density at radius 1 is 1.52 bits per heavy atom. The highest BCUT2D eigenvalue weighted by atomic mass is 35.5. The first kappa shape index (κ1) is 15.6. The van der Waals surface area contributed by atoms with Crippen LogP contribution >= 0.6 is 11.6 Å². The van der Waals surface area contributed by atoms with Crippen LogP contribution in [0, 0.1) is 11.2 Å². The fraction of sp³-hybridized carbons (Fsp3) is 0.429. The Morgan fingerprint density at radius 2 is 2.24 bits per heavy atom. The van der Waals surface area contributed by atoms with Crippen molar-refractivity contribution in [3.63, 3.8) is 0 Å². The van der Waals surface area contributed by atoms with Gasteiger partial charge in [0.2, 0.25) is 0 Å². The predicted molar refractivity (Wildman–Crippen MR) is 77.0 cm³/mol. The van der Waals surface area contributed by atoms with Gasteiger partial charge in [0, 0.05) is 13.1 Å². The molecule has 0 saturated carbocycles. The van der Waals surface area contributed by atoms with Crippen molar-refractivity contribution in [3.05, 3.63) is 29.0 Å². The zero-order valence-electron chi connectivity index (χ0n) is 11.5. The number of carbonyl (C=O) groups is 2. The summed E-state index contributed by atoms with van der Waals surface area (Å²) in [4.78, 5) is 24.9. The number of nitrogens with zero attached hydrogens (tertiary/aromatic N) is 1. The lowest BCUT2D eigenvalue weighted by molar-refractivity contribution is -0.148. The number of aliphatic carboxylic acids is 1. The molecule has 0 bridgehead atoms. The van der Waals surface area contributed by atoms with E-state index in [1.807, 2.05) is 0 Å². The van der Waals surface area contributed by atoms with Crippen LogP contribution in [0.4, 0.5) is 14.9 Å². The minimum absolute atomic E-state index is 0.0996. The molecule has 5 nitrogen and oxygen atoms in total. The van der Waals surface area contributed by atoms with Gasteiger partial charge in [0.25, 0.3) is 0 Å². The van der Waals surface area contributed by atoms with Gasteiger partial charge >= 0.3 is 12.0 Å². The topological polar surface area (TPSA) is 69.6 Å². The summed E-state index contributed by atoms with van der Waals surface area (Å²) in [6.07, 6.45) is 0.882. The number of halogens is 2. The molecule has 1 aromatic rings. The summed E-state index contributed by atoms with van der Waals surface area (Å²) in [7, 11) is 0. The van der Waals surface area contributed by atoms with Gasteiger partial charge in [0.1, 0.15) is 5.82 Å². The quantitative estimate of drug-likeness (QED) is 0.900. The predicted octanol–water partition coefficient (Wildman–Crippen LogP) is 3.20. The highest BCUT2D eigenvalue weighted by Gasteiger charge is 2.44. The molecule has 0 radical (unpaired) electrons. The van der Waals surface area contributed by atoms with Crippen LogP contribution in [-0.2, 0) is 4.79 Å². The molecule has 0 aromatic heterocycles. The first-order valence-electron chi connectivity index (χ1n) is 6.62. The van der Waals surface area contributed by atoms with Gasteiger partial charge in [-0.05, 0) is 31.0 Å². The van der Waals surface area contributed by atoms with E-state index in [4.69, 9.17) is 11.6 Å². The summed E-state index contributed by atoms with van der Waals surface area (Å²) in [5.41, 5.74) is -0.586. The molecule has 1 fully saturated rings. The van der Waals surface area contributed by atoms with Crippen LogP contribution in [0.25, 0.3) is 0 Å². The van der Waals surface area contributed by atoms with Gasteiger partial charge in [0.05, 0.1) is 16.1 Å². The number of hydrogen-bond donors (Lipinski definition) is 2. The van der Waals surface area contributed by atoms with Crippen molar-refractivity contribution in [2.75, 3.05) is 18.4 Å². The van der Waals surface area contributed by atoms with Crippen molar-refractivity contribution >= 4 is 29.3 Å². The number of likely N-dealkylation sites (tertiary alicyclic amines) is 1. The molecule has 1 saturated heterocycles. The summed E-state index contributed by atoms with van der Waals surface area (Å²) < 4.78 is 12.9. The van der Waals surface area contributed by atoms with E-state index in [1.54, 1.807) is 6.92 Å². The fourth-order valence-corrected chi connectivity index (χ4v) is 2.66. The van der Waals surface area contributed by atoms with E-state index in [9.17, 15) is 19.1 Å². The van der Waals surface area contributed by atoms with Crippen LogP contribution in [0.2, 0.25) is 5.02 Å². The molecular formula is C14H16ClFN2O3. The molecule has 21 heavy (non-hydrogen) atoms. The van der Waals surface area contributed by atoms with Gasteiger partial charge in [-0.15, -0.1) is 0 Å². The second kappa shape index (κ2) is 5.89. The van der Waals surface area contributed by atoms with E-state index in [2.05, 4.69) is 5.32 Å². The van der Waals surface area contributed by atoms with E-state index in [-0.39, 0.29) is 11.6 Å². The Hall–Kier alpha value is -1.82. The zero-order chi connectivity index (χ0) is 15.6. The van der Waals surface area contributed by atoms with Crippen molar-refractivity contribution in [2.24, 2.45) is 5.41 Å². The number of amides is 2. The van der Waals surface area contributed by atoms with Gasteiger partial charge < -0.3 is 15.3 Å². The number of benzene rings is 1. The Labute approximate surface area is 126 Å². The number of anilines is 1. The number of urea groups is 1. The summed E-state index contributed by atoms with van der Waals surface area (Å²) in [6, 6.07) is 3.24. The molecule has 7 heteroatoms. The average Bonchev–Trinajstić information content (AvgIpc) is 2.88. The molecule has 2 N–H and O–H groups in total. The molecule has 2 amide bonds. The van der Waals surface area contributed by atoms with E-state index >= 15 is 0 Å². The number of carboxylic acids is 1. The van der Waals surface area contributed by atoms with Gasteiger partial charge in [0.15, 0.2) is 0 Å². The Balaban J connectivity index is 2.07. The average molecular weight is 315 g/mol. The highest BCUT2D eigenvalue weighted by molar-refractivity contribution is 6.33. The van der Waals surface area contributed by atoms with Crippen molar-refractivity contribution in [2.45, 2.75) is 19.8 Å². The zero-order valence-corrected chi connectivity index (χ0v) is 12.3. The number of nitrogens with one attached hydrogen (secondary N) is 1. The van der Waals surface area contributed by atoms with Crippen LogP contribution in [0.5, 0.6) is 0 Å². The maximum absolute atomic E-state index is 12.9. The molecule has 1 aliphatic heterocycles. The SMILES string of the molecule is CCC1(C(=O)O)CCN(C(=O)Nc2ccc(F)cc2Cl)C1. The Morgan fingerprint density at radius 3 is 2.76 bits per heavy atom. The lowest BCUT2D eigenvalue weighted by atomic mass is 9.84. The number of carboxylic acid groups (broad SMARTS) is 1. The molecular weight excluding hydrogens is 299 g/mol. The maximum atomic E-state index is 12.9. The number of rotatable bonds is 3. The first-order valence-corrected chi connectivity index (χ1v) is 7.00. The summed E-state index contributed by atoms with van der Waals surface area (Å²) >= 11 is 5.85. The molecule has 114 valence electrons. The fourth-order valence-electron chi connectivity index (χ4n) is 2.45. The van der Waals surface area contributed by atoms with Crippen molar-refractivity contribution < 1.29 is 19.1 Å². The van der Waals surface area contributed by atoms with Gasteiger partial charge in [-0.1, -0.05) is 18.5 Å². The molecule has 1 heterocycles. The third-order valence-electron chi connectivity index (χ3n) is 3.94. The summed E-state index contributed by atoms with van der Waals surface area (Å²) in [6.45, 7) is 2.32. The maximum Gasteiger partial charge on any atom is 0.321 e. The van der Waals surface area contributed by atoms with E-state index < -0.39 is 23.2 Å². The van der Waals surface area contributed by atoms with Crippen LogP contribution in [-0.4, -0.2) is 35.1 Å². The Bertz CT molecular complexity index is 581. The molecule has 0 spiro atoms. The second-order valence-electron chi connectivity index (χ2n) is 5.16. The van der Waals surface area contributed by atoms with E-state index in [0.717, 1.165) is 6.07 Å². The van der Waals surface area contributed by atoms with E-state index in [0.29, 0.717) is 25.1 Å². The highest BCUT2D eigenvalue weighted by Crippen LogP contribution is 2.34. The third kappa shape index (κ3) is 3.10. The molecule has 1 atom stereocenters. The van der Waals surface area contributed by atoms with E-state index in [1.165, 1.54) is 17.0 Å². The first-order chi connectivity index (χ1) is 9.88. The van der Waals surface area contributed by atoms with Gasteiger partial charge in [-0.25, -0.2) is 9.18 Å². The summed E-state index contributed by atoms with van der Waals surface area (Å²) in [5, 5.41) is 12.0. The van der Waals surface area contributed by atoms with Crippen molar-refractivity contribution in [1.29, 1.82) is 0 Å².